The highest BCUT2D eigenvalue weighted by Crippen LogP contribution is 2.23. The van der Waals surface area contributed by atoms with Crippen LogP contribution < -0.4 is 5.32 Å². The first-order valence-corrected chi connectivity index (χ1v) is 7.68. The lowest BCUT2D eigenvalue weighted by Gasteiger charge is -2.24. The minimum atomic E-state index is 0.473. The van der Waals surface area contributed by atoms with Crippen LogP contribution >= 0.6 is 0 Å². The van der Waals surface area contributed by atoms with Crippen LogP contribution in [-0.2, 0) is 13.0 Å². The molecule has 0 amide bonds. The van der Waals surface area contributed by atoms with Crippen LogP contribution in [0.25, 0.3) is 0 Å². The molecule has 2 heterocycles. The number of piperidine rings is 1. The molecule has 1 aliphatic rings. The Bertz CT molecular complexity index is 536. The number of rotatable bonds is 4. The first-order valence-electron chi connectivity index (χ1n) is 7.68. The number of nitrogens with one attached hydrogen (secondary N) is 1. The second-order valence-electron chi connectivity index (χ2n) is 5.62. The molecule has 0 spiro atoms. The molecule has 1 aromatic heterocycles. The Morgan fingerprint density at radius 2 is 2.00 bits per heavy atom. The third-order valence-corrected chi connectivity index (χ3v) is 4.20. The van der Waals surface area contributed by atoms with E-state index >= 15 is 0 Å². The fourth-order valence-electron chi connectivity index (χ4n) is 2.93. The van der Waals surface area contributed by atoms with E-state index in [-0.39, 0.29) is 0 Å². The molecule has 1 N–H and O–H groups in total. The number of aryl methyl sites for hydroxylation is 1. The summed E-state index contributed by atoms with van der Waals surface area (Å²) in [6, 6.07) is 9.39. The second kappa shape index (κ2) is 6.23. The van der Waals surface area contributed by atoms with Gasteiger partial charge in [-0.3, -0.25) is 0 Å². The number of nitrogens with zero attached hydrogens (tertiary/aromatic N) is 2. The van der Waals surface area contributed by atoms with E-state index in [4.69, 9.17) is 0 Å². The van der Waals surface area contributed by atoms with E-state index in [0.29, 0.717) is 6.04 Å². The largest absolute Gasteiger partial charge is 0.329 e. The van der Waals surface area contributed by atoms with Gasteiger partial charge in [0, 0.05) is 18.8 Å². The van der Waals surface area contributed by atoms with Crippen molar-refractivity contribution in [3.05, 3.63) is 53.6 Å². The van der Waals surface area contributed by atoms with Crippen LogP contribution in [0.3, 0.4) is 0 Å². The SMILES string of the molecule is CCc1ccc(Cn2cncc2C2CCCCN2)cc1. The van der Waals surface area contributed by atoms with Gasteiger partial charge in [-0.25, -0.2) is 4.98 Å². The Balaban J connectivity index is 1.75. The van der Waals surface area contributed by atoms with E-state index in [1.807, 2.05) is 12.5 Å². The maximum absolute atomic E-state index is 4.35. The molecule has 1 atom stereocenters. The van der Waals surface area contributed by atoms with Crippen molar-refractivity contribution < 1.29 is 0 Å². The fourth-order valence-corrected chi connectivity index (χ4v) is 2.93. The van der Waals surface area contributed by atoms with E-state index in [1.54, 1.807) is 0 Å². The van der Waals surface area contributed by atoms with Crippen molar-refractivity contribution in [1.29, 1.82) is 0 Å². The van der Waals surface area contributed by atoms with Gasteiger partial charge in [0.2, 0.25) is 0 Å². The van der Waals surface area contributed by atoms with E-state index in [9.17, 15) is 0 Å². The summed E-state index contributed by atoms with van der Waals surface area (Å²) in [5, 5.41) is 3.61. The van der Waals surface area contributed by atoms with Crippen LogP contribution in [0.5, 0.6) is 0 Å². The first-order chi connectivity index (χ1) is 9.86. The molecule has 2 aromatic rings. The van der Waals surface area contributed by atoms with E-state index in [0.717, 1.165) is 19.5 Å². The molecule has 0 saturated carbocycles. The third kappa shape index (κ3) is 2.93. The topological polar surface area (TPSA) is 29.9 Å². The van der Waals surface area contributed by atoms with Gasteiger partial charge in [0.25, 0.3) is 0 Å². The summed E-state index contributed by atoms with van der Waals surface area (Å²) in [6.45, 7) is 4.23. The van der Waals surface area contributed by atoms with Crippen molar-refractivity contribution in [2.75, 3.05) is 6.54 Å². The van der Waals surface area contributed by atoms with Crippen LogP contribution in [0.4, 0.5) is 0 Å². The zero-order valence-electron chi connectivity index (χ0n) is 12.2. The molecule has 0 bridgehead atoms. The van der Waals surface area contributed by atoms with Crippen molar-refractivity contribution in [3.63, 3.8) is 0 Å². The molecule has 3 rings (SSSR count). The standard InChI is InChI=1S/C17H23N3/c1-2-14-6-8-15(9-7-14)12-20-13-18-11-17(20)16-5-3-4-10-19-16/h6-9,11,13,16,19H,2-5,10,12H2,1H3. The lowest BCUT2D eigenvalue weighted by molar-refractivity contribution is 0.396. The maximum Gasteiger partial charge on any atom is 0.0951 e. The summed E-state index contributed by atoms with van der Waals surface area (Å²) in [5.41, 5.74) is 4.06. The van der Waals surface area contributed by atoms with Crippen LogP contribution in [0.15, 0.2) is 36.8 Å². The Morgan fingerprint density at radius 3 is 2.70 bits per heavy atom. The molecule has 3 heteroatoms. The monoisotopic (exact) mass is 269 g/mol. The molecule has 1 unspecified atom stereocenters. The van der Waals surface area contributed by atoms with Crippen molar-refractivity contribution in [3.8, 4) is 0 Å². The Labute approximate surface area is 121 Å². The van der Waals surface area contributed by atoms with Gasteiger partial charge in [-0.05, 0) is 36.9 Å². The predicted octanol–water partition coefficient (Wildman–Crippen LogP) is 3.31. The van der Waals surface area contributed by atoms with Crippen molar-refractivity contribution in [2.24, 2.45) is 0 Å². The molecular formula is C17H23N3. The number of benzene rings is 1. The summed E-state index contributed by atoms with van der Waals surface area (Å²) in [5.74, 6) is 0. The van der Waals surface area contributed by atoms with Gasteiger partial charge in [-0.2, -0.15) is 0 Å². The number of hydrogen-bond acceptors (Lipinski definition) is 2. The number of imidazole rings is 1. The maximum atomic E-state index is 4.35. The number of hydrogen-bond donors (Lipinski definition) is 1. The smallest absolute Gasteiger partial charge is 0.0951 e. The second-order valence-corrected chi connectivity index (χ2v) is 5.62. The Kier molecular flexibility index (Phi) is 4.16. The summed E-state index contributed by atoms with van der Waals surface area (Å²) >= 11 is 0. The molecule has 0 aliphatic carbocycles. The Hall–Kier alpha value is -1.61. The molecule has 1 saturated heterocycles. The van der Waals surface area contributed by atoms with Gasteiger partial charge in [-0.15, -0.1) is 0 Å². The Morgan fingerprint density at radius 1 is 1.20 bits per heavy atom. The molecule has 1 fully saturated rings. The van der Waals surface area contributed by atoms with E-state index < -0.39 is 0 Å². The average molecular weight is 269 g/mol. The normalized spacial score (nSPS) is 19.1. The van der Waals surface area contributed by atoms with Crippen LogP contribution in [0.1, 0.15) is 49.0 Å². The van der Waals surface area contributed by atoms with Crippen molar-refractivity contribution in [2.45, 2.75) is 45.2 Å². The summed E-state index contributed by atoms with van der Waals surface area (Å²) in [7, 11) is 0. The van der Waals surface area contributed by atoms with Crippen LogP contribution in [-0.4, -0.2) is 16.1 Å². The molecule has 3 nitrogen and oxygen atoms in total. The average Bonchev–Trinajstić information content (AvgIpc) is 2.97. The van der Waals surface area contributed by atoms with E-state index in [2.05, 4.69) is 46.1 Å². The van der Waals surface area contributed by atoms with Crippen molar-refractivity contribution in [1.82, 2.24) is 14.9 Å². The molecule has 0 radical (unpaired) electrons. The van der Waals surface area contributed by atoms with Gasteiger partial charge in [0.1, 0.15) is 0 Å². The van der Waals surface area contributed by atoms with Gasteiger partial charge >= 0.3 is 0 Å². The van der Waals surface area contributed by atoms with Crippen LogP contribution in [0, 0.1) is 0 Å². The summed E-state index contributed by atoms with van der Waals surface area (Å²) in [6.07, 6.45) is 8.91. The highest BCUT2D eigenvalue weighted by Gasteiger charge is 2.18. The highest BCUT2D eigenvalue weighted by molar-refractivity contribution is 5.23. The first kappa shape index (κ1) is 13.4. The summed E-state index contributed by atoms with van der Waals surface area (Å²) in [4.78, 5) is 4.35. The summed E-state index contributed by atoms with van der Waals surface area (Å²) < 4.78 is 2.28. The molecule has 1 aliphatic heterocycles. The molecule has 1 aromatic carbocycles. The predicted molar refractivity (Wildman–Crippen MR) is 81.7 cm³/mol. The van der Waals surface area contributed by atoms with Crippen LogP contribution in [0.2, 0.25) is 0 Å². The lowest BCUT2D eigenvalue weighted by atomic mass is 10.0. The zero-order chi connectivity index (χ0) is 13.8. The quantitative estimate of drug-likeness (QED) is 0.923. The fraction of sp³-hybridized carbons (Fsp3) is 0.471. The van der Waals surface area contributed by atoms with Gasteiger partial charge in [0.15, 0.2) is 0 Å². The minimum Gasteiger partial charge on any atom is -0.329 e. The lowest BCUT2D eigenvalue weighted by Crippen LogP contribution is -2.28. The number of aromatic nitrogens is 2. The highest BCUT2D eigenvalue weighted by atomic mass is 15.1. The minimum absolute atomic E-state index is 0.473. The van der Waals surface area contributed by atoms with Gasteiger partial charge in [0.05, 0.1) is 12.0 Å². The van der Waals surface area contributed by atoms with Gasteiger partial charge < -0.3 is 9.88 Å². The van der Waals surface area contributed by atoms with E-state index in [1.165, 1.54) is 36.1 Å². The molecule has 20 heavy (non-hydrogen) atoms. The zero-order valence-corrected chi connectivity index (χ0v) is 12.2. The molecular weight excluding hydrogens is 246 g/mol. The van der Waals surface area contributed by atoms with Gasteiger partial charge in [-0.1, -0.05) is 37.6 Å². The molecule has 106 valence electrons. The third-order valence-electron chi connectivity index (χ3n) is 4.20. The van der Waals surface area contributed by atoms with Crippen molar-refractivity contribution >= 4 is 0 Å².